The van der Waals surface area contributed by atoms with Crippen molar-refractivity contribution in [2.24, 2.45) is 0 Å². The lowest BCUT2D eigenvalue weighted by atomic mass is 9.79. The van der Waals surface area contributed by atoms with Crippen LogP contribution in [0.4, 0.5) is 0 Å². The Hall–Kier alpha value is -1.57. The fourth-order valence-electron chi connectivity index (χ4n) is 2.84. The number of carbonyl (C=O) groups is 1. The smallest absolute Gasteiger partial charge is 0.131 e. The molecule has 3 rings (SSSR count). The van der Waals surface area contributed by atoms with Gasteiger partial charge in [-0.25, -0.2) is 0 Å². The molecular formula is C18H14Cl2O. The predicted molar refractivity (Wildman–Crippen MR) is 88.0 cm³/mol. The minimum atomic E-state index is -0.163. The van der Waals surface area contributed by atoms with Crippen LogP contribution in [0.25, 0.3) is 6.08 Å². The summed E-state index contributed by atoms with van der Waals surface area (Å²) in [6.45, 7) is 0. The number of allylic oxidation sites excluding steroid dienone is 1. The molecular weight excluding hydrogens is 303 g/mol. The van der Waals surface area contributed by atoms with Gasteiger partial charge in [0.15, 0.2) is 0 Å². The molecule has 1 nitrogen and oxygen atoms in total. The average Bonchev–Trinajstić information content (AvgIpc) is 2.51. The summed E-state index contributed by atoms with van der Waals surface area (Å²) < 4.78 is 0. The molecule has 0 aromatic heterocycles. The molecule has 2 aromatic rings. The fourth-order valence-corrected chi connectivity index (χ4v) is 3.14. The van der Waals surface area contributed by atoms with Crippen molar-refractivity contribution in [3.05, 3.63) is 74.8 Å². The van der Waals surface area contributed by atoms with Crippen LogP contribution < -0.4 is 0 Å². The molecule has 0 bridgehead atoms. The van der Waals surface area contributed by atoms with Crippen LogP contribution in [0.2, 0.25) is 10.0 Å². The predicted octanol–water partition coefficient (Wildman–Crippen LogP) is 5.31. The quantitative estimate of drug-likeness (QED) is 0.686. The van der Waals surface area contributed by atoms with Crippen LogP contribution >= 0.6 is 23.2 Å². The van der Waals surface area contributed by atoms with Gasteiger partial charge in [-0.15, -0.1) is 0 Å². The molecule has 0 aliphatic heterocycles. The van der Waals surface area contributed by atoms with E-state index in [-0.39, 0.29) is 5.92 Å². The van der Waals surface area contributed by atoms with Gasteiger partial charge in [-0.3, -0.25) is 0 Å². The Kier molecular flexibility index (Phi) is 4.14. The van der Waals surface area contributed by atoms with Crippen LogP contribution in [-0.4, -0.2) is 6.29 Å². The second kappa shape index (κ2) is 6.05. The highest BCUT2D eigenvalue weighted by Gasteiger charge is 2.23. The molecule has 0 saturated heterocycles. The summed E-state index contributed by atoms with van der Waals surface area (Å²) in [4.78, 5) is 11.6. The number of benzene rings is 2. The largest absolute Gasteiger partial charge is 0.302 e. The molecule has 1 aliphatic carbocycles. The fraction of sp³-hybridized carbons (Fsp3) is 0.167. The molecule has 0 saturated carbocycles. The molecule has 3 heteroatoms. The molecule has 21 heavy (non-hydrogen) atoms. The van der Waals surface area contributed by atoms with E-state index in [9.17, 15) is 4.79 Å². The molecule has 106 valence electrons. The summed E-state index contributed by atoms with van der Waals surface area (Å²) in [6, 6.07) is 13.7. The van der Waals surface area contributed by atoms with Crippen LogP contribution in [0.5, 0.6) is 0 Å². The standard InChI is InChI=1S/C18H14Cl2O/c19-17-8-5-12(10-18(17)20)9-14-7-6-13-3-1-2-4-15(13)16(14)11-21/h1-5,8-11,16H,6-7H2. The lowest BCUT2D eigenvalue weighted by Crippen LogP contribution is -2.13. The maximum absolute atomic E-state index is 11.6. The van der Waals surface area contributed by atoms with Crippen LogP contribution in [0.15, 0.2) is 48.0 Å². The first kappa shape index (κ1) is 14.4. The van der Waals surface area contributed by atoms with E-state index >= 15 is 0 Å². The molecule has 0 N–H and O–H groups in total. The van der Waals surface area contributed by atoms with E-state index in [1.165, 1.54) is 5.56 Å². The van der Waals surface area contributed by atoms with Crippen LogP contribution in [-0.2, 0) is 11.2 Å². The van der Waals surface area contributed by atoms with Crippen molar-refractivity contribution in [1.82, 2.24) is 0 Å². The maximum Gasteiger partial charge on any atom is 0.131 e. The normalized spacial score (nSPS) is 19.3. The van der Waals surface area contributed by atoms with Crippen molar-refractivity contribution in [2.45, 2.75) is 18.8 Å². The van der Waals surface area contributed by atoms with E-state index in [4.69, 9.17) is 23.2 Å². The van der Waals surface area contributed by atoms with Crippen molar-refractivity contribution in [2.75, 3.05) is 0 Å². The molecule has 0 spiro atoms. The average molecular weight is 317 g/mol. The monoisotopic (exact) mass is 316 g/mol. The van der Waals surface area contributed by atoms with Crippen molar-refractivity contribution in [3.8, 4) is 0 Å². The third-order valence-corrected chi connectivity index (χ3v) is 4.64. The van der Waals surface area contributed by atoms with Gasteiger partial charge < -0.3 is 4.79 Å². The zero-order valence-corrected chi connectivity index (χ0v) is 12.9. The summed E-state index contributed by atoms with van der Waals surface area (Å²) in [7, 11) is 0. The zero-order valence-electron chi connectivity index (χ0n) is 11.4. The molecule has 1 unspecified atom stereocenters. The highest BCUT2D eigenvalue weighted by atomic mass is 35.5. The topological polar surface area (TPSA) is 17.1 Å². The summed E-state index contributed by atoms with van der Waals surface area (Å²) in [5.41, 5.74) is 4.48. The Labute approximate surface area is 134 Å². The molecule has 1 atom stereocenters. The number of hydrogen-bond acceptors (Lipinski definition) is 1. The molecule has 0 radical (unpaired) electrons. The van der Waals surface area contributed by atoms with Crippen LogP contribution in [0, 0.1) is 0 Å². The lowest BCUT2D eigenvalue weighted by molar-refractivity contribution is -0.108. The zero-order chi connectivity index (χ0) is 14.8. The highest BCUT2D eigenvalue weighted by Crippen LogP contribution is 2.36. The molecule has 0 heterocycles. The first-order chi connectivity index (χ1) is 10.2. The third-order valence-electron chi connectivity index (χ3n) is 3.90. The molecule has 1 aliphatic rings. The second-order valence-corrected chi connectivity index (χ2v) is 6.02. The number of halogens is 2. The first-order valence-electron chi connectivity index (χ1n) is 6.87. The Balaban J connectivity index is 2.00. The molecule has 0 amide bonds. The number of rotatable bonds is 2. The van der Waals surface area contributed by atoms with Gasteiger partial charge in [0.1, 0.15) is 6.29 Å². The van der Waals surface area contributed by atoms with Crippen LogP contribution in [0.1, 0.15) is 29.0 Å². The van der Waals surface area contributed by atoms with Crippen LogP contribution in [0.3, 0.4) is 0 Å². The highest BCUT2D eigenvalue weighted by molar-refractivity contribution is 6.42. The van der Waals surface area contributed by atoms with E-state index in [1.807, 2.05) is 30.3 Å². The second-order valence-electron chi connectivity index (χ2n) is 5.21. The van der Waals surface area contributed by atoms with Gasteiger partial charge in [-0.1, -0.05) is 65.2 Å². The van der Waals surface area contributed by atoms with Gasteiger partial charge in [0.05, 0.1) is 16.0 Å². The summed E-state index contributed by atoms with van der Waals surface area (Å²) in [5.74, 6) is -0.163. The number of carbonyl (C=O) groups excluding carboxylic acids is 1. The summed E-state index contributed by atoms with van der Waals surface area (Å²) in [5, 5.41) is 1.07. The number of hydrogen-bond donors (Lipinski definition) is 0. The van der Waals surface area contributed by atoms with Gasteiger partial charge in [0.2, 0.25) is 0 Å². The van der Waals surface area contributed by atoms with Gasteiger partial charge in [-0.05, 0) is 41.7 Å². The first-order valence-corrected chi connectivity index (χ1v) is 7.63. The maximum atomic E-state index is 11.6. The van der Waals surface area contributed by atoms with Gasteiger partial charge in [0, 0.05) is 0 Å². The van der Waals surface area contributed by atoms with E-state index in [1.54, 1.807) is 6.07 Å². The Bertz CT molecular complexity index is 719. The minimum Gasteiger partial charge on any atom is -0.302 e. The Morgan fingerprint density at radius 2 is 1.81 bits per heavy atom. The number of aryl methyl sites for hydroxylation is 1. The Morgan fingerprint density at radius 3 is 2.57 bits per heavy atom. The van der Waals surface area contributed by atoms with Crippen molar-refractivity contribution in [3.63, 3.8) is 0 Å². The summed E-state index contributed by atoms with van der Waals surface area (Å²) >= 11 is 12.0. The number of aldehydes is 1. The Morgan fingerprint density at radius 1 is 1.00 bits per heavy atom. The van der Waals surface area contributed by atoms with E-state index < -0.39 is 0 Å². The van der Waals surface area contributed by atoms with E-state index in [2.05, 4.69) is 12.1 Å². The lowest BCUT2D eigenvalue weighted by Gasteiger charge is -2.24. The van der Waals surface area contributed by atoms with E-state index in [0.717, 1.165) is 35.8 Å². The molecule has 2 aromatic carbocycles. The van der Waals surface area contributed by atoms with Crippen molar-refractivity contribution < 1.29 is 4.79 Å². The third kappa shape index (κ3) is 2.90. The number of fused-ring (bicyclic) bond motifs is 1. The molecule has 0 fully saturated rings. The SMILES string of the molecule is O=CC1C(=Cc2ccc(Cl)c(Cl)c2)CCc2ccccc21. The van der Waals surface area contributed by atoms with Crippen molar-refractivity contribution in [1.29, 1.82) is 0 Å². The van der Waals surface area contributed by atoms with Crippen molar-refractivity contribution >= 4 is 35.6 Å². The summed E-state index contributed by atoms with van der Waals surface area (Å²) in [6.07, 6.45) is 4.94. The van der Waals surface area contributed by atoms with E-state index in [0.29, 0.717) is 10.0 Å². The van der Waals surface area contributed by atoms with Gasteiger partial charge in [0.25, 0.3) is 0 Å². The minimum absolute atomic E-state index is 0.163. The van der Waals surface area contributed by atoms with Gasteiger partial charge in [-0.2, -0.15) is 0 Å². The van der Waals surface area contributed by atoms with Gasteiger partial charge >= 0.3 is 0 Å².